The van der Waals surface area contributed by atoms with Gasteiger partial charge in [-0.1, -0.05) is 27.7 Å². The first-order chi connectivity index (χ1) is 7.51. The van der Waals surface area contributed by atoms with Gasteiger partial charge in [0.2, 0.25) is 0 Å². The van der Waals surface area contributed by atoms with Gasteiger partial charge >= 0.3 is 5.97 Å². The summed E-state index contributed by atoms with van der Waals surface area (Å²) in [6.45, 7) is 12.0. The summed E-state index contributed by atoms with van der Waals surface area (Å²) in [6, 6.07) is -0.407. The molecule has 0 amide bonds. The van der Waals surface area contributed by atoms with Gasteiger partial charge in [0.25, 0.3) is 0 Å². The minimum atomic E-state index is -0.742. The summed E-state index contributed by atoms with van der Waals surface area (Å²) in [5.74, 6) is -0.338. The van der Waals surface area contributed by atoms with Gasteiger partial charge < -0.3 is 15.3 Å². The summed E-state index contributed by atoms with van der Waals surface area (Å²) in [7, 11) is 0. The van der Waals surface area contributed by atoms with Gasteiger partial charge in [-0.15, -0.1) is 0 Å². The van der Waals surface area contributed by atoms with Crippen molar-refractivity contribution in [2.75, 3.05) is 26.2 Å². The third kappa shape index (κ3) is 6.80. The fraction of sp³-hybridized carbons (Fsp3) is 0.917. The maximum Gasteiger partial charge on any atom is 0.320 e. The van der Waals surface area contributed by atoms with E-state index in [0.29, 0.717) is 12.3 Å². The van der Waals surface area contributed by atoms with E-state index in [-0.39, 0.29) is 0 Å². The van der Waals surface area contributed by atoms with Crippen LogP contribution in [0.25, 0.3) is 0 Å². The van der Waals surface area contributed by atoms with Crippen LogP contribution in [0.2, 0.25) is 0 Å². The third-order valence-electron chi connectivity index (χ3n) is 2.72. The molecule has 0 bridgehead atoms. The monoisotopic (exact) mass is 230 g/mol. The van der Waals surface area contributed by atoms with E-state index in [0.717, 1.165) is 26.2 Å². The molecule has 96 valence electrons. The molecule has 0 radical (unpaired) electrons. The molecule has 0 aliphatic carbocycles. The first-order valence-electron chi connectivity index (χ1n) is 6.19. The topological polar surface area (TPSA) is 52.6 Å². The van der Waals surface area contributed by atoms with Crippen LogP contribution in [0, 0.1) is 5.92 Å². The molecule has 0 aromatic carbocycles. The summed E-state index contributed by atoms with van der Waals surface area (Å²) in [5, 5.41) is 12.1. The van der Waals surface area contributed by atoms with Crippen LogP contribution < -0.4 is 5.32 Å². The Morgan fingerprint density at radius 2 is 1.88 bits per heavy atom. The maximum absolute atomic E-state index is 11.0. The van der Waals surface area contributed by atoms with Crippen LogP contribution in [0.5, 0.6) is 0 Å². The normalized spacial score (nSPS) is 13.4. The number of hydrogen-bond donors (Lipinski definition) is 2. The second kappa shape index (κ2) is 8.53. The average Bonchev–Trinajstić information content (AvgIpc) is 2.22. The predicted octanol–water partition coefficient (Wildman–Crippen LogP) is 1.42. The molecule has 4 nitrogen and oxygen atoms in total. The van der Waals surface area contributed by atoms with Gasteiger partial charge in [-0.05, 0) is 25.4 Å². The van der Waals surface area contributed by atoms with Crippen LogP contribution in [0.1, 0.15) is 34.1 Å². The SMILES string of the molecule is CCN(CC)CCNC(CC(C)C)C(=O)O. The van der Waals surface area contributed by atoms with Crippen molar-refractivity contribution in [1.29, 1.82) is 0 Å². The molecule has 16 heavy (non-hydrogen) atoms. The number of rotatable bonds is 9. The van der Waals surface area contributed by atoms with Crippen LogP contribution in [0.3, 0.4) is 0 Å². The highest BCUT2D eigenvalue weighted by Gasteiger charge is 2.17. The Kier molecular flexibility index (Phi) is 8.21. The van der Waals surface area contributed by atoms with Gasteiger partial charge in [0.15, 0.2) is 0 Å². The molecule has 0 aliphatic rings. The zero-order chi connectivity index (χ0) is 12.6. The molecule has 2 N–H and O–H groups in total. The number of nitrogens with zero attached hydrogens (tertiary/aromatic N) is 1. The molecule has 0 saturated heterocycles. The van der Waals surface area contributed by atoms with E-state index in [1.165, 1.54) is 0 Å². The lowest BCUT2D eigenvalue weighted by atomic mass is 10.0. The molecule has 0 spiro atoms. The summed E-state index contributed by atoms with van der Waals surface area (Å²) in [6.07, 6.45) is 0.688. The van der Waals surface area contributed by atoms with Crippen molar-refractivity contribution in [3.8, 4) is 0 Å². The van der Waals surface area contributed by atoms with Gasteiger partial charge in [0.05, 0.1) is 0 Å². The Balaban J connectivity index is 3.88. The Bertz CT molecular complexity index is 191. The van der Waals surface area contributed by atoms with Gasteiger partial charge in [0, 0.05) is 13.1 Å². The number of carboxylic acids is 1. The lowest BCUT2D eigenvalue weighted by molar-refractivity contribution is -0.139. The van der Waals surface area contributed by atoms with Crippen molar-refractivity contribution >= 4 is 5.97 Å². The van der Waals surface area contributed by atoms with Gasteiger partial charge in [0.1, 0.15) is 6.04 Å². The minimum absolute atomic E-state index is 0.405. The van der Waals surface area contributed by atoms with Crippen molar-refractivity contribution < 1.29 is 9.90 Å². The first-order valence-corrected chi connectivity index (χ1v) is 6.19. The van der Waals surface area contributed by atoms with E-state index < -0.39 is 12.0 Å². The van der Waals surface area contributed by atoms with Crippen molar-refractivity contribution in [1.82, 2.24) is 10.2 Å². The molecule has 4 heteroatoms. The number of carbonyl (C=O) groups is 1. The van der Waals surface area contributed by atoms with Crippen molar-refractivity contribution in [2.24, 2.45) is 5.92 Å². The van der Waals surface area contributed by atoms with E-state index >= 15 is 0 Å². The molecule has 0 aromatic rings. The number of carboxylic acid groups (broad SMARTS) is 1. The van der Waals surface area contributed by atoms with Crippen molar-refractivity contribution in [2.45, 2.75) is 40.2 Å². The van der Waals surface area contributed by atoms with Crippen LogP contribution >= 0.6 is 0 Å². The fourth-order valence-corrected chi connectivity index (χ4v) is 1.68. The molecule has 0 saturated carbocycles. The summed E-state index contributed by atoms with van der Waals surface area (Å²) in [4.78, 5) is 13.3. The van der Waals surface area contributed by atoms with E-state index in [1.54, 1.807) is 0 Å². The third-order valence-corrected chi connectivity index (χ3v) is 2.72. The van der Waals surface area contributed by atoms with Gasteiger partial charge in [-0.3, -0.25) is 4.79 Å². The molecular formula is C12H26N2O2. The van der Waals surface area contributed by atoms with E-state index in [1.807, 2.05) is 13.8 Å². The molecular weight excluding hydrogens is 204 g/mol. The number of likely N-dealkylation sites (N-methyl/N-ethyl adjacent to an activating group) is 1. The summed E-state index contributed by atoms with van der Waals surface area (Å²) in [5.41, 5.74) is 0. The van der Waals surface area contributed by atoms with Crippen molar-refractivity contribution in [3.05, 3.63) is 0 Å². The summed E-state index contributed by atoms with van der Waals surface area (Å²) >= 11 is 0. The lowest BCUT2D eigenvalue weighted by Crippen LogP contribution is -2.42. The molecule has 0 aliphatic heterocycles. The highest BCUT2D eigenvalue weighted by atomic mass is 16.4. The molecule has 0 rings (SSSR count). The number of aliphatic carboxylic acids is 1. The lowest BCUT2D eigenvalue weighted by Gasteiger charge is -2.21. The Hall–Kier alpha value is -0.610. The van der Waals surface area contributed by atoms with Crippen LogP contribution in [-0.2, 0) is 4.79 Å². The van der Waals surface area contributed by atoms with Crippen LogP contribution in [0.15, 0.2) is 0 Å². The summed E-state index contributed by atoms with van der Waals surface area (Å²) < 4.78 is 0. The van der Waals surface area contributed by atoms with Crippen molar-refractivity contribution in [3.63, 3.8) is 0 Å². The molecule has 0 fully saturated rings. The van der Waals surface area contributed by atoms with E-state index in [4.69, 9.17) is 5.11 Å². The van der Waals surface area contributed by atoms with Gasteiger partial charge in [-0.25, -0.2) is 0 Å². The van der Waals surface area contributed by atoms with Crippen LogP contribution in [-0.4, -0.2) is 48.2 Å². The molecule has 0 heterocycles. The fourth-order valence-electron chi connectivity index (χ4n) is 1.68. The molecule has 1 atom stereocenters. The van der Waals surface area contributed by atoms with Crippen LogP contribution in [0.4, 0.5) is 0 Å². The standard InChI is InChI=1S/C12H26N2O2/c1-5-14(6-2)8-7-13-11(12(15)16)9-10(3)4/h10-11,13H,5-9H2,1-4H3,(H,15,16). The largest absolute Gasteiger partial charge is 0.480 e. The average molecular weight is 230 g/mol. The second-order valence-corrected chi connectivity index (χ2v) is 4.50. The van der Waals surface area contributed by atoms with E-state index in [2.05, 4.69) is 24.1 Å². The molecule has 1 unspecified atom stereocenters. The Morgan fingerprint density at radius 3 is 2.25 bits per heavy atom. The zero-order valence-electron chi connectivity index (χ0n) is 11.0. The quantitative estimate of drug-likeness (QED) is 0.629. The smallest absolute Gasteiger partial charge is 0.320 e. The first kappa shape index (κ1) is 15.4. The van der Waals surface area contributed by atoms with E-state index in [9.17, 15) is 4.79 Å². The number of hydrogen-bond acceptors (Lipinski definition) is 3. The highest BCUT2D eigenvalue weighted by molar-refractivity contribution is 5.73. The predicted molar refractivity (Wildman–Crippen MR) is 66.7 cm³/mol. The second-order valence-electron chi connectivity index (χ2n) is 4.50. The highest BCUT2D eigenvalue weighted by Crippen LogP contribution is 2.04. The Labute approximate surface area is 99.0 Å². The zero-order valence-corrected chi connectivity index (χ0v) is 11.0. The Morgan fingerprint density at radius 1 is 1.31 bits per heavy atom. The molecule has 0 aromatic heterocycles. The minimum Gasteiger partial charge on any atom is -0.480 e. The maximum atomic E-state index is 11.0. The number of nitrogens with one attached hydrogen (secondary N) is 1. The van der Waals surface area contributed by atoms with Gasteiger partial charge in [-0.2, -0.15) is 0 Å².